The van der Waals surface area contributed by atoms with Crippen LogP contribution in [0.1, 0.15) is 42.6 Å². The summed E-state index contributed by atoms with van der Waals surface area (Å²) in [6.07, 6.45) is 5.78. The number of piperidine rings is 1. The molecule has 0 saturated carbocycles. The molecule has 194 valence electrons. The van der Waals surface area contributed by atoms with Crippen molar-refractivity contribution in [2.24, 2.45) is 0 Å². The molecule has 1 aliphatic rings. The fraction of sp³-hybridized carbons (Fsp3) is 0.357. The SMILES string of the molecule is CCOc1cc(CN(c2nc3c(C(=O)O)cccc3o2)C2CCNCC2)cc(OCC)c1-n1cccc1. The molecule has 2 N–H and O–H groups in total. The Kier molecular flexibility index (Phi) is 7.32. The Morgan fingerprint density at radius 3 is 2.41 bits per heavy atom. The maximum atomic E-state index is 11.8. The first-order valence-electron chi connectivity index (χ1n) is 12.7. The molecule has 2 aromatic carbocycles. The number of hydrogen-bond donors (Lipinski definition) is 2. The van der Waals surface area contributed by atoms with Crippen LogP contribution in [-0.4, -0.2) is 53.0 Å². The first-order valence-corrected chi connectivity index (χ1v) is 12.7. The van der Waals surface area contributed by atoms with E-state index in [4.69, 9.17) is 13.9 Å². The molecule has 0 aliphatic carbocycles. The number of carboxylic acids is 1. The van der Waals surface area contributed by atoms with Crippen LogP contribution in [0.5, 0.6) is 11.5 Å². The van der Waals surface area contributed by atoms with Crippen molar-refractivity contribution in [1.29, 1.82) is 0 Å². The van der Waals surface area contributed by atoms with Crippen LogP contribution < -0.4 is 19.7 Å². The molecule has 9 heteroatoms. The van der Waals surface area contributed by atoms with Gasteiger partial charge in [-0.05, 0) is 81.7 Å². The topological polar surface area (TPSA) is 102 Å². The quantitative estimate of drug-likeness (QED) is 0.315. The Morgan fingerprint density at radius 2 is 1.78 bits per heavy atom. The summed E-state index contributed by atoms with van der Waals surface area (Å²) in [4.78, 5) is 18.6. The maximum Gasteiger partial charge on any atom is 0.338 e. The van der Waals surface area contributed by atoms with Crippen molar-refractivity contribution in [3.05, 3.63) is 66.0 Å². The van der Waals surface area contributed by atoms with Crippen LogP contribution >= 0.6 is 0 Å². The first kappa shape index (κ1) is 24.7. The lowest BCUT2D eigenvalue weighted by Gasteiger charge is -2.34. The van der Waals surface area contributed by atoms with Crippen molar-refractivity contribution in [2.75, 3.05) is 31.2 Å². The number of benzene rings is 2. The van der Waals surface area contributed by atoms with Gasteiger partial charge in [0.25, 0.3) is 6.01 Å². The molecule has 5 rings (SSSR count). The van der Waals surface area contributed by atoms with Gasteiger partial charge in [-0.2, -0.15) is 4.98 Å². The number of nitrogens with zero attached hydrogens (tertiary/aromatic N) is 3. The minimum Gasteiger partial charge on any atom is -0.492 e. The predicted octanol–water partition coefficient (Wildman–Crippen LogP) is 4.87. The summed E-state index contributed by atoms with van der Waals surface area (Å²) in [5, 5.41) is 13.1. The van der Waals surface area contributed by atoms with Crippen LogP contribution in [0.25, 0.3) is 16.8 Å². The highest BCUT2D eigenvalue weighted by atomic mass is 16.5. The fourth-order valence-electron chi connectivity index (χ4n) is 4.90. The van der Waals surface area contributed by atoms with Gasteiger partial charge < -0.3 is 33.8 Å². The first-order chi connectivity index (χ1) is 18.1. The summed E-state index contributed by atoms with van der Waals surface area (Å²) < 4.78 is 20.3. The smallest absolute Gasteiger partial charge is 0.338 e. The largest absolute Gasteiger partial charge is 0.492 e. The summed E-state index contributed by atoms with van der Waals surface area (Å²) in [6.45, 7) is 7.25. The van der Waals surface area contributed by atoms with E-state index in [0.29, 0.717) is 36.9 Å². The van der Waals surface area contributed by atoms with E-state index in [9.17, 15) is 9.90 Å². The molecule has 0 bridgehead atoms. The van der Waals surface area contributed by atoms with Crippen LogP contribution in [0.3, 0.4) is 0 Å². The van der Waals surface area contributed by atoms with Gasteiger partial charge in [0.2, 0.25) is 0 Å². The monoisotopic (exact) mass is 504 g/mol. The second-order valence-electron chi connectivity index (χ2n) is 8.96. The van der Waals surface area contributed by atoms with Gasteiger partial charge in [-0.3, -0.25) is 0 Å². The molecule has 1 aliphatic heterocycles. The lowest BCUT2D eigenvalue weighted by molar-refractivity contribution is 0.0698. The van der Waals surface area contributed by atoms with E-state index < -0.39 is 5.97 Å². The number of anilines is 1. The van der Waals surface area contributed by atoms with E-state index in [1.807, 2.05) is 55.1 Å². The molecule has 9 nitrogen and oxygen atoms in total. The van der Waals surface area contributed by atoms with Crippen molar-refractivity contribution < 1.29 is 23.8 Å². The lowest BCUT2D eigenvalue weighted by atomic mass is 10.0. The third-order valence-electron chi connectivity index (χ3n) is 6.55. The van der Waals surface area contributed by atoms with Gasteiger partial charge in [0.1, 0.15) is 22.7 Å². The molecule has 3 heterocycles. The Hall–Kier alpha value is -3.98. The lowest BCUT2D eigenvalue weighted by Crippen LogP contribution is -2.43. The molecule has 37 heavy (non-hydrogen) atoms. The summed E-state index contributed by atoms with van der Waals surface area (Å²) in [5.41, 5.74) is 2.80. The van der Waals surface area contributed by atoms with Crippen LogP contribution in [0.15, 0.2) is 59.3 Å². The summed E-state index contributed by atoms with van der Waals surface area (Å²) in [5.74, 6) is 0.438. The van der Waals surface area contributed by atoms with Crippen molar-refractivity contribution in [2.45, 2.75) is 39.3 Å². The number of hydrogen-bond acceptors (Lipinski definition) is 7. The molecule has 2 aromatic heterocycles. The molecule has 1 saturated heterocycles. The summed E-state index contributed by atoms with van der Waals surface area (Å²) in [7, 11) is 0. The van der Waals surface area contributed by atoms with Gasteiger partial charge in [0, 0.05) is 25.0 Å². The minimum absolute atomic E-state index is 0.131. The Balaban J connectivity index is 1.58. The number of nitrogens with one attached hydrogen (secondary N) is 1. The molecule has 0 radical (unpaired) electrons. The summed E-state index contributed by atoms with van der Waals surface area (Å²) >= 11 is 0. The van der Waals surface area contributed by atoms with Crippen molar-refractivity contribution in [3.63, 3.8) is 0 Å². The molecule has 1 fully saturated rings. The number of aromatic nitrogens is 2. The van der Waals surface area contributed by atoms with E-state index in [2.05, 4.69) is 15.2 Å². The Labute approximate surface area is 215 Å². The Morgan fingerprint density at radius 1 is 1.11 bits per heavy atom. The third kappa shape index (κ3) is 5.13. The molecule has 0 amide bonds. The number of carboxylic acid groups (broad SMARTS) is 1. The molecular weight excluding hydrogens is 472 g/mol. The zero-order valence-electron chi connectivity index (χ0n) is 21.1. The molecule has 0 unspecified atom stereocenters. The highest BCUT2D eigenvalue weighted by molar-refractivity contribution is 6.00. The maximum absolute atomic E-state index is 11.8. The molecule has 0 spiro atoms. The highest BCUT2D eigenvalue weighted by Crippen LogP contribution is 2.37. The predicted molar refractivity (Wildman–Crippen MR) is 141 cm³/mol. The van der Waals surface area contributed by atoms with Gasteiger partial charge in [-0.25, -0.2) is 4.79 Å². The minimum atomic E-state index is -1.03. The van der Waals surface area contributed by atoms with Crippen LogP contribution in [0.4, 0.5) is 6.01 Å². The van der Waals surface area contributed by atoms with Gasteiger partial charge >= 0.3 is 5.97 Å². The van der Waals surface area contributed by atoms with Gasteiger partial charge in [0.05, 0.1) is 18.8 Å². The van der Waals surface area contributed by atoms with Gasteiger partial charge in [-0.1, -0.05) is 6.07 Å². The van der Waals surface area contributed by atoms with Crippen molar-refractivity contribution in [1.82, 2.24) is 14.9 Å². The van der Waals surface area contributed by atoms with Crippen LogP contribution in [0, 0.1) is 0 Å². The van der Waals surface area contributed by atoms with Crippen molar-refractivity contribution >= 4 is 23.1 Å². The van der Waals surface area contributed by atoms with Crippen molar-refractivity contribution in [3.8, 4) is 17.2 Å². The second-order valence-corrected chi connectivity index (χ2v) is 8.96. The van der Waals surface area contributed by atoms with E-state index in [1.165, 1.54) is 0 Å². The number of rotatable bonds is 10. The number of ether oxygens (including phenoxy) is 2. The standard InChI is InChI=1S/C28H32N4O5/c1-3-35-23-16-19(17-24(36-4-2)26(23)31-14-5-6-15-31)18-32(20-10-12-29-13-11-20)28-30-25-21(27(33)34)8-7-9-22(25)37-28/h5-9,14-17,20,29H,3-4,10-13,18H2,1-2H3,(H,33,34). The zero-order chi connectivity index (χ0) is 25.8. The number of aromatic carboxylic acids is 1. The average Bonchev–Trinajstić information content (AvgIpc) is 3.58. The average molecular weight is 505 g/mol. The van der Waals surface area contributed by atoms with E-state index in [0.717, 1.165) is 48.7 Å². The number of oxazole rings is 1. The number of carbonyl (C=O) groups is 1. The third-order valence-corrected chi connectivity index (χ3v) is 6.55. The normalized spacial score (nSPS) is 14.1. The number of para-hydroxylation sites is 1. The van der Waals surface area contributed by atoms with Gasteiger partial charge in [0.15, 0.2) is 5.58 Å². The molecule has 4 aromatic rings. The fourth-order valence-corrected chi connectivity index (χ4v) is 4.90. The van der Waals surface area contributed by atoms with Crippen LogP contribution in [-0.2, 0) is 6.54 Å². The van der Waals surface area contributed by atoms with E-state index >= 15 is 0 Å². The van der Waals surface area contributed by atoms with E-state index in [-0.39, 0.29) is 11.6 Å². The molecular formula is C28H32N4O5. The Bertz CT molecular complexity index is 1330. The van der Waals surface area contributed by atoms with Gasteiger partial charge in [-0.15, -0.1) is 0 Å². The highest BCUT2D eigenvalue weighted by Gasteiger charge is 2.27. The molecule has 0 atom stereocenters. The van der Waals surface area contributed by atoms with E-state index in [1.54, 1.807) is 18.2 Å². The zero-order valence-corrected chi connectivity index (χ0v) is 21.1. The second kappa shape index (κ2) is 11.0. The van der Waals surface area contributed by atoms with Crippen LogP contribution in [0.2, 0.25) is 0 Å². The summed E-state index contributed by atoms with van der Waals surface area (Å²) in [6, 6.07) is 13.6. The number of fused-ring (bicyclic) bond motifs is 1.